The number of rotatable bonds is 3. The molecule has 0 bridgehead atoms. The summed E-state index contributed by atoms with van der Waals surface area (Å²) in [6.07, 6.45) is -4.72. The molecule has 0 aliphatic rings. The molecule has 1 aromatic rings. The van der Waals surface area contributed by atoms with Crippen LogP contribution in [0, 0.1) is 17.0 Å². The van der Waals surface area contributed by atoms with Crippen molar-refractivity contribution in [3.05, 3.63) is 33.9 Å². The Hall–Kier alpha value is -2.32. The molecule has 0 spiro atoms. The highest BCUT2D eigenvalue weighted by molar-refractivity contribution is 5.86. The number of benzene rings is 1. The summed E-state index contributed by atoms with van der Waals surface area (Å²) < 4.78 is 36.0. The maximum atomic E-state index is 12.0. The van der Waals surface area contributed by atoms with Gasteiger partial charge in [-0.3, -0.25) is 15.5 Å². The van der Waals surface area contributed by atoms with Crippen LogP contribution in [0.1, 0.15) is 5.56 Å². The number of amidine groups is 1. The van der Waals surface area contributed by atoms with E-state index in [1.807, 2.05) is 0 Å². The zero-order chi connectivity index (χ0) is 13.9. The Labute approximate surface area is 99.4 Å². The topological polar surface area (TPSA) is 93.5 Å². The molecule has 0 atom stereocenters. The Morgan fingerprint density at radius 1 is 1.50 bits per heavy atom. The molecule has 0 aliphatic heterocycles. The van der Waals surface area contributed by atoms with Crippen LogP contribution in [0.15, 0.2) is 23.3 Å². The summed E-state index contributed by atoms with van der Waals surface area (Å²) in [4.78, 5) is 9.93. The Bertz CT molecular complexity index is 499. The molecule has 0 amide bonds. The lowest BCUT2D eigenvalue weighted by Crippen LogP contribution is -2.32. The number of hydrogen-bond acceptors (Lipinski definition) is 4. The van der Waals surface area contributed by atoms with Crippen LogP contribution in [-0.2, 0) is 0 Å². The second kappa shape index (κ2) is 4.90. The van der Waals surface area contributed by atoms with Crippen LogP contribution in [0.25, 0.3) is 0 Å². The molecular formula is C9H9F3N4O2. The summed E-state index contributed by atoms with van der Waals surface area (Å²) in [5.74, 6) is -1.53. The molecule has 0 saturated carbocycles. The lowest BCUT2D eigenvalue weighted by molar-refractivity contribution is -0.385. The molecule has 98 valence electrons. The number of nitrogens with zero attached hydrogens (tertiary/aromatic N) is 2. The van der Waals surface area contributed by atoms with E-state index in [-0.39, 0.29) is 11.4 Å². The van der Waals surface area contributed by atoms with Crippen LogP contribution in [0.2, 0.25) is 0 Å². The summed E-state index contributed by atoms with van der Waals surface area (Å²) >= 11 is 0. The number of nitrogens with one attached hydrogen (secondary N) is 1. The fourth-order valence-electron chi connectivity index (χ4n) is 1.12. The molecule has 9 heteroatoms. The van der Waals surface area contributed by atoms with Crippen molar-refractivity contribution in [2.24, 2.45) is 10.8 Å². The van der Waals surface area contributed by atoms with E-state index in [4.69, 9.17) is 0 Å². The molecule has 0 aliphatic carbocycles. The minimum absolute atomic E-state index is 0.131. The van der Waals surface area contributed by atoms with Gasteiger partial charge in [-0.05, 0) is 19.1 Å². The summed E-state index contributed by atoms with van der Waals surface area (Å²) in [6.45, 7) is 1.46. The van der Waals surface area contributed by atoms with Crippen molar-refractivity contribution < 1.29 is 18.1 Å². The van der Waals surface area contributed by atoms with Gasteiger partial charge in [-0.1, -0.05) is 0 Å². The highest BCUT2D eigenvalue weighted by atomic mass is 19.4. The van der Waals surface area contributed by atoms with E-state index >= 15 is 0 Å². The Morgan fingerprint density at radius 3 is 2.56 bits per heavy atom. The van der Waals surface area contributed by atoms with E-state index in [1.165, 1.54) is 19.1 Å². The minimum Gasteiger partial charge on any atom is -0.378 e. The SMILES string of the molecule is Cc1cc(N/N=C(\N)C(F)(F)F)ccc1[N+](=O)[O-]. The van der Waals surface area contributed by atoms with E-state index in [0.29, 0.717) is 5.56 Å². The molecule has 1 rings (SSSR count). The van der Waals surface area contributed by atoms with Gasteiger partial charge in [-0.2, -0.15) is 18.3 Å². The van der Waals surface area contributed by atoms with Crippen molar-refractivity contribution in [3.63, 3.8) is 0 Å². The molecule has 0 radical (unpaired) electrons. The number of anilines is 1. The number of nitro benzene ring substituents is 1. The van der Waals surface area contributed by atoms with E-state index < -0.39 is 16.9 Å². The van der Waals surface area contributed by atoms with Gasteiger partial charge in [-0.25, -0.2) is 0 Å². The van der Waals surface area contributed by atoms with E-state index in [9.17, 15) is 23.3 Å². The van der Waals surface area contributed by atoms with Crippen molar-refractivity contribution in [1.82, 2.24) is 0 Å². The van der Waals surface area contributed by atoms with Crippen molar-refractivity contribution in [3.8, 4) is 0 Å². The molecule has 0 aromatic heterocycles. The molecule has 0 unspecified atom stereocenters. The van der Waals surface area contributed by atoms with Gasteiger partial charge in [0.15, 0.2) is 0 Å². The first-order valence-electron chi connectivity index (χ1n) is 4.63. The summed E-state index contributed by atoms with van der Waals surface area (Å²) in [5.41, 5.74) is 7.08. The van der Waals surface area contributed by atoms with Gasteiger partial charge in [0.2, 0.25) is 5.84 Å². The second-order valence-electron chi connectivity index (χ2n) is 3.36. The lowest BCUT2D eigenvalue weighted by Gasteiger charge is -2.06. The standard InChI is InChI=1S/C9H9F3N4O2/c1-5-4-6(2-3-7(5)16(17)18)14-15-8(13)9(10,11)12/h2-4,14H,1H3,(H2,13,15). The third-order valence-electron chi connectivity index (χ3n) is 1.99. The average molecular weight is 262 g/mol. The molecule has 0 fully saturated rings. The first-order chi connectivity index (χ1) is 8.21. The lowest BCUT2D eigenvalue weighted by atomic mass is 10.2. The van der Waals surface area contributed by atoms with E-state index in [0.717, 1.165) is 6.07 Å². The molecule has 3 N–H and O–H groups in total. The van der Waals surface area contributed by atoms with Gasteiger partial charge in [0, 0.05) is 11.6 Å². The molecule has 1 aromatic carbocycles. The number of aryl methyl sites for hydroxylation is 1. The van der Waals surface area contributed by atoms with Crippen molar-refractivity contribution in [1.29, 1.82) is 0 Å². The Balaban J connectivity index is 2.88. The molecule has 6 nitrogen and oxygen atoms in total. The number of hydrogen-bond donors (Lipinski definition) is 2. The number of hydrazone groups is 1. The fraction of sp³-hybridized carbons (Fsp3) is 0.222. The smallest absolute Gasteiger partial charge is 0.378 e. The monoisotopic (exact) mass is 262 g/mol. The maximum absolute atomic E-state index is 12.0. The normalized spacial score (nSPS) is 12.3. The van der Waals surface area contributed by atoms with Gasteiger partial charge in [0.25, 0.3) is 5.69 Å². The van der Waals surface area contributed by atoms with Gasteiger partial charge in [0.1, 0.15) is 0 Å². The number of nitrogens with two attached hydrogens (primary N) is 1. The van der Waals surface area contributed by atoms with E-state index in [1.54, 1.807) is 0 Å². The second-order valence-corrected chi connectivity index (χ2v) is 3.36. The Kier molecular flexibility index (Phi) is 3.74. The third-order valence-corrected chi connectivity index (χ3v) is 1.99. The largest absolute Gasteiger partial charge is 0.450 e. The van der Waals surface area contributed by atoms with Crippen LogP contribution in [-0.4, -0.2) is 16.9 Å². The van der Waals surface area contributed by atoms with Gasteiger partial charge in [-0.15, -0.1) is 0 Å². The van der Waals surface area contributed by atoms with E-state index in [2.05, 4.69) is 16.3 Å². The van der Waals surface area contributed by atoms with Crippen molar-refractivity contribution in [2.75, 3.05) is 5.43 Å². The number of alkyl halides is 3. The summed E-state index contributed by atoms with van der Waals surface area (Å²) in [6, 6.07) is 3.69. The van der Waals surface area contributed by atoms with Gasteiger partial charge < -0.3 is 5.73 Å². The maximum Gasteiger partial charge on any atom is 0.450 e. The quantitative estimate of drug-likeness (QED) is 0.377. The van der Waals surface area contributed by atoms with Gasteiger partial charge in [0.05, 0.1) is 10.6 Å². The molecule has 0 saturated heterocycles. The zero-order valence-electron chi connectivity index (χ0n) is 9.15. The number of halogens is 3. The first-order valence-corrected chi connectivity index (χ1v) is 4.63. The summed E-state index contributed by atoms with van der Waals surface area (Å²) in [7, 11) is 0. The van der Waals surface area contributed by atoms with Crippen LogP contribution in [0.3, 0.4) is 0 Å². The fourth-order valence-corrected chi connectivity index (χ4v) is 1.12. The first kappa shape index (κ1) is 13.7. The predicted octanol–water partition coefficient (Wildman–Crippen LogP) is 2.15. The Morgan fingerprint density at radius 2 is 2.11 bits per heavy atom. The van der Waals surface area contributed by atoms with Crippen LogP contribution in [0.4, 0.5) is 24.5 Å². The minimum atomic E-state index is -4.72. The number of nitro groups is 1. The third kappa shape index (κ3) is 3.34. The van der Waals surface area contributed by atoms with Crippen LogP contribution < -0.4 is 11.2 Å². The summed E-state index contributed by atoms with van der Waals surface area (Å²) in [5, 5.41) is 13.5. The predicted molar refractivity (Wildman–Crippen MR) is 59.1 cm³/mol. The van der Waals surface area contributed by atoms with Crippen molar-refractivity contribution in [2.45, 2.75) is 13.1 Å². The van der Waals surface area contributed by atoms with Gasteiger partial charge >= 0.3 is 6.18 Å². The van der Waals surface area contributed by atoms with Crippen LogP contribution >= 0.6 is 0 Å². The van der Waals surface area contributed by atoms with Crippen molar-refractivity contribution >= 4 is 17.2 Å². The average Bonchev–Trinajstić information content (AvgIpc) is 2.24. The molecule has 0 heterocycles. The van der Waals surface area contributed by atoms with Crippen LogP contribution in [0.5, 0.6) is 0 Å². The zero-order valence-corrected chi connectivity index (χ0v) is 9.15. The molecular weight excluding hydrogens is 253 g/mol. The molecule has 18 heavy (non-hydrogen) atoms. The highest BCUT2D eigenvalue weighted by Crippen LogP contribution is 2.22. The highest BCUT2D eigenvalue weighted by Gasteiger charge is 2.33.